The molecule has 0 bridgehead atoms. The summed E-state index contributed by atoms with van der Waals surface area (Å²) in [6.07, 6.45) is 0.710. The molecule has 1 aromatic carbocycles. The topological polar surface area (TPSA) is 26.7 Å². The molecule has 5 unspecified atom stereocenters. The second-order valence-corrected chi connectivity index (χ2v) is 7.10. The maximum Gasteiger partial charge on any atom is 0.0948 e. The zero-order chi connectivity index (χ0) is 15.1. The van der Waals surface area contributed by atoms with Crippen LogP contribution in [0.25, 0.3) is 0 Å². The van der Waals surface area contributed by atoms with Crippen LogP contribution in [0.1, 0.15) is 50.3 Å². The molecule has 21 heavy (non-hydrogen) atoms. The minimum atomic E-state index is -0.347. The first-order valence-electron chi connectivity index (χ1n) is 8.22. The number of rotatable bonds is 1. The van der Waals surface area contributed by atoms with Gasteiger partial charge in [-0.25, -0.2) is 0 Å². The molecular weight excluding hydrogens is 260 g/mol. The number of aliphatic hydroxyl groups excluding tert-OH is 1. The molecule has 1 N–H and O–H groups in total. The van der Waals surface area contributed by atoms with Crippen LogP contribution in [-0.2, 0) is 0 Å². The summed E-state index contributed by atoms with van der Waals surface area (Å²) in [6.45, 7) is 8.97. The summed E-state index contributed by atoms with van der Waals surface area (Å²) in [5, 5.41) is 10.9. The lowest BCUT2D eigenvalue weighted by atomic mass is 9.78. The van der Waals surface area contributed by atoms with Crippen molar-refractivity contribution in [3.63, 3.8) is 0 Å². The van der Waals surface area contributed by atoms with E-state index in [0.717, 1.165) is 25.1 Å². The molecule has 1 aromatic rings. The van der Waals surface area contributed by atoms with Crippen LogP contribution in [0.15, 0.2) is 24.3 Å². The Bertz CT molecular complexity index is 492. The summed E-state index contributed by atoms with van der Waals surface area (Å²) in [5.41, 5.74) is 2.47. The maximum absolute atomic E-state index is 10.9. The lowest BCUT2D eigenvalue weighted by molar-refractivity contribution is -0.0246. The lowest BCUT2D eigenvalue weighted by Gasteiger charge is -2.48. The lowest BCUT2D eigenvalue weighted by Crippen LogP contribution is -2.59. The Kier molecular flexibility index (Phi) is 4.08. The minimum absolute atomic E-state index is 0.258. The molecular formula is C18H28N2O. The molecule has 1 fully saturated rings. The van der Waals surface area contributed by atoms with Gasteiger partial charge in [-0.3, -0.25) is 9.80 Å². The Morgan fingerprint density at radius 1 is 1.00 bits per heavy atom. The Morgan fingerprint density at radius 2 is 1.57 bits per heavy atom. The van der Waals surface area contributed by atoms with Crippen molar-refractivity contribution in [3.8, 4) is 0 Å². The number of likely N-dealkylation sites (N-methyl/N-ethyl adjacent to an activating group) is 1. The van der Waals surface area contributed by atoms with Crippen LogP contribution in [0.2, 0.25) is 0 Å². The molecule has 0 amide bonds. The molecule has 0 saturated carbocycles. The zero-order valence-corrected chi connectivity index (χ0v) is 13.7. The Labute approximate surface area is 128 Å². The second-order valence-electron chi connectivity index (χ2n) is 7.10. The van der Waals surface area contributed by atoms with Gasteiger partial charge in [-0.1, -0.05) is 31.2 Å². The normalized spacial score (nSPS) is 38.2. The van der Waals surface area contributed by atoms with Gasteiger partial charge in [0.25, 0.3) is 0 Å². The Morgan fingerprint density at radius 3 is 2.19 bits per heavy atom. The molecule has 1 aliphatic heterocycles. The summed E-state index contributed by atoms with van der Waals surface area (Å²) in [4.78, 5) is 4.97. The van der Waals surface area contributed by atoms with Crippen LogP contribution >= 0.6 is 0 Å². The molecule has 3 rings (SSSR count). The van der Waals surface area contributed by atoms with Crippen molar-refractivity contribution >= 4 is 0 Å². The second kappa shape index (κ2) is 5.71. The van der Waals surface area contributed by atoms with E-state index >= 15 is 0 Å². The highest BCUT2D eigenvalue weighted by molar-refractivity contribution is 5.35. The molecule has 3 heteroatoms. The largest absolute Gasteiger partial charge is 0.387 e. The van der Waals surface area contributed by atoms with Gasteiger partial charge >= 0.3 is 0 Å². The van der Waals surface area contributed by atoms with E-state index in [1.165, 1.54) is 5.56 Å². The van der Waals surface area contributed by atoms with Crippen LogP contribution in [0, 0.1) is 0 Å². The van der Waals surface area contributed by atoms with E-state index in [2.05, 4.69) is 55.8 Å². The molecule has 0 spiro atoms. The highest BCUT2D eigenvalue weighted by Gasteiger charge is 2.38. The highest BCUT2D eigenvalue weighted by atomic mass is 16.3. The van der Waals surface area contributed by atoms with Crippen LogP contribution in [0.4, 0.5) is 0 Å². The number of nitrogens with zero attached hydrogens (tertiary/aromatic N) is 2. The molecule has 116 valence electrons. The Hall–Kier alpha value is -0.900. The van der Waals surface area contributed by atoms with E-state index in [9.17, 15) is 5.11 Å². The number of hydrogen-bond acceptors (Lipinski definition) is 3. The van der Waals surface area contributed by atoms with E-state index in [4.69, 9.17) is 0 Å². The standard InChI is InChI=1S/C18H28N2O/c1-12-9-17(18(21)16-8-6-5-7-15(12)16)20-10-13(2)19(4)14(3)11-20/h5-8,12-14,17-18,21H,9-11H2,1-4H3. The van der Waals surface area contributed by atoms with Gasteiger partial charge in [0, 0.05) is 31.2 Å². The maximum atomic E-state index is 10.9. The van der Waals surface area contributed by atoms with Crippen molar-refractivity contribution in [2.45, 2.75) is 57.3 Å². The molecule has 2 aliphatic rings. The van der Waals surface area contributed by atoms with Crippen molar-refractivity contribution < 1.29 is 5.11 Å². The van der Waals surface area contributed by atoms with E-state index in [-0.39, 0.29) is 12.1 Å². The van der Waals surface area contributed by atoms with E-state index < -0.39 is 0 Å². The van der Waals surface area contributed by atoms with Gasteiger partial charge in [0.05, 0.1) is 6.10 Å². The van der Waals surface area contributed by atoms with Crippen LogP contribution < -0.4 is 0 Å². The zero-order valence-electron chi connectivity index (χ0n) is 13.7. The fourth-order valence-corrected chi connectivity index (χ4v) is 4.12. The van der Waals surface area contributed by atoms with Gasteiger partial charge in [-0.2, -0.15) is 0 Å². The van der Waals surface area contributed by atoms with Crippen LogP contribution in [0.5, 0.6) is 0 Å². The van der Waals surface area contributed by atoms with E-state index in [1.807, 2.05) is 6.07 Å². The third-order valence-corrected chi connectivity index (χ3v) is 5.66. The number of benzene rings is 1. The number of fused-ring (bicyclic) bond motifs is 1. The van der Waals surface area contributed by atoms with Crippen molar-refractivity contribution in [1.29, 1.82) is 0 Å². The Balaban J connectivity index is 1.84. The van der Waals surface area contributed by atoms with Crippen molar-refractivity contribution in [1.82, 2.24) is 9.80 Å². The predicted octanol–water partition coefficient (Wildman–Crippen LogP) is 2.62. The first kappa shape index (κ1) is 15.0. The molecule has 1 heterocycles. The summed E-state index contributed by atoms with van der Waals surface area (Å²) >= 11 is 0. The van der Waals surface area contributed by atoms with Crippen molar-refractivity contribution in [2.24, 2.45) is 0 Å². The van der Waals surface area contributed by atoms with E-state index in [0.29, 0.717) is 18.0 Å². The average Bonchev–Trinajstić information content (AvgIpc) is 2.48. The SMILES string of the molecule is CC1CC(N2CC(C)N(C)C(C)C2)C(O)c2ccccc21. The highest BCUT2D eigenvalue weighted by Crippen LogP contribution is 2.40. The fourth-order valence-electron chi connectivity index (χ4n) is 4.12. The molecule has 0 aromatic heterocycles. The van der Waals surface area contributed by atoms with Gasteiger partial charge in [0.2, 0.25) is 0 Å². The third kappa shape index (κ3) is 2.63. The molecule has 1 aliphatic carbocycles. The van der Waals surface area contributed by atoms with Crippen LogP contribution in [-0.4, -0.2) is 53.2 Å². The monoisotopic (exact) mass is 288 g/mol. The smallest absolute Gasteiger partial charge is 0.0948 e. The van der Waals surface area contributed by atoms with E-state index in [1.54, 1.807) is 0 Å². The molecule has 1 saturated heterocycles. The van der Waals surface area contributed by atoms with Gasteiger partial charge < -0.3 is 5.11 Å². The van der Waals surface area contributed by atoms with Gasteiger partial charge in [-0.05, 0) is 44.4 Å². The minimum Gasteiger partial charge on any atom is -0.387 e. The van der Waals surface area contributed by atoms with Gasteiger partial charge in [-0.15, -0.1) is 0 Å². The molecule has 3 nitrogen and oxygen atoms in total. The molecule has 0 radical (unpaired) electrons. The summed E-state index contributed by atoms with van der Waals surface area (Å²) in [5.74, 6) is 0.528. The van der Waals surface area contributed by atoms with Crippen molar-refractivity contribution in [3.05, 3.63) is 35.4 Å². The number of hydrogen-bond donors (Lipinski definition) is 1. The fraction of sp³-hybridized carbons (Fsp3) is 0.667. The van der Waals surface area contributed by atoms with Crippen LogP contribution in [0.3, 0.4) is 0 Å². The number of aliphatic hydroxyl groups is 1. The third-order valence-electron chi connectivity index (χ3n) is 5.66. The summed E-state index contributed by atoms with van der Waals surface area (Å²) in [6, 6.07) is 9.77. The summed E-state index contributed by atoms with van der Waals surface area (Å²) < 4.78 is 0. The number of piperazine rings is 1. The molecule has 5 atom stereocenters. The average molecular weight is 288 g/mol. The van der Waals surface area contributed by atoms with Gasteiger partial charge in [0.1, 0.15) is 0 Å². The van der Waals surface area contributed by atoms with Crippen molar-refractivity contribution in [2.75, 3.05) is 20.1 Å². The first-order chi connectivity index (χ1) is 9.99. The predicted molar refractivity (Wildman–Crippen MR) is 86.5 cm³/mol. The van der Waals surface area contributed by atoms with Gasteiger partial charge in [0.15, 0.2) is 0 Å². The summed E-state index contributed by atoms with van der Waals surface area (Å²) in [7, 11) is 2.21. The quantitative estimate of drug-likeness (QED) is 0.860. The first-order valence-corrected chi connectivity index (χ1v) is 8.22.